The number of hydrogen-bond acceptors (Lipinski definition) is 4. The topological polar surface area (TPSA) is 70.5 Å². The van der Waals surface area contributed by atoms with E-state index in [9.17, 15) is 8.42 Å². The van der Waals surface area contributed by atoms with Crippen LogP contribution < -0.4 is 0 Å². The van der Waals surface area contributed by atoms with Crippen molar-refractivity contribution in [2.45, 2.75) is 56.7 Å². The van der Waals surface area contributed by atoms with Crippen LogP contribution in [0.15, 0.2) is 23.4 Å². The van der Waals surface area contributed by atoms with Crippen molar-refractivity contribution in [2.24, 2.45) is 0 Å². The first-order valence-electron chi connectivity index (χ1n) is 7.17. The summed E-state index contributed by atoms with van der Waals surface area (Å²) in [5.74, 6) is 0. The van der Waals surface area contributed by atoms with Crippen LogP contribution in [0.4, 0.5) is 0 Å². The SMILES string of the molecule is CCC1CCCCCN1S(=O)(=O)c1ccc(CO)cn1. The smallest absolute Gasteiger partial charge is 0.260 e. The maximum Gasteiger partial charge on any atom is 0.260 e. The molecule has 0 aliphatic carbocycles. The molecule has 20 heavy (non-hydrogen) atoms. The second-order valence-corrected chi connectivity index (χ2v) is 7.03. The number of sulfonamides is 1. The fraction of sp³-hybridized carbons (Fsp3) is 0.643. The molecule has 112 valence electrons. The zero-order valence-corrected chi connectivity index (χ0v) is 12.6. The summed E-state index contributed by atoms with van der Waals surface area (Å²) in [5, 5.41) is 9.08. The van der Waals surface area contributed by atoms with Gasteiger partial charge in [0, 0.05) is 18.8 Å². The van der Waals surface area contributed by atoms with E-state index in [1.54, 1.807) is 10.4 Å². The molecule has 0 bridgehead atoms. The first-order valence-corrected chi connectivity index (χ1v) is 8.61. The Kier molecular flexibility index (Phi) is 5.12. The molecule has 1 aliphatic heterocycles. The molecule has 1 aromatic heterocycles. The number of nitrogens with zero attached hydrogens (tertiary/aromatic N) is 2. The normalized spacial score (nSPS) is 21.6. The van der Waals surface area contributed by atoms with E-state index < -0.39 is 10.0 Å². The van der Waals surface area contributed by atoms with Crippen LogP contribution >= 0.6 is 0 Å². The molecule has 0 saturated carbocycles. The lowest BCUT2D eigenvalue weighted by atomic mass is 10.1. The quantitative estimate of drug-likeness (QED) is 0.922. The molecule has 0 aromatic carbocycles. The molecule has 1 unspecified atom stereocenters. The summed E-state index contributed by atoms with van der Waals surface area (Å²) >= 11 is 0. The Hall–Kier alpha value is -0.980. The van der Waals surface area contributed by atoms with Crippen molar-refractivity contribution in [3.8, 4) is 0 Å². The van der Waals surface area contributed by atoms with Gasteiger partial charge >= 0.3 is 0 Å². The van der Waals surface area contributed by atoms with Gasteiger partial charge in [-0.1, -0.05) is 25.8 Å². The lowest BCUT2D eigenvalue weighted by molar-refractivity contribution is 0.281. The summed E-state index contributed by atoms with van der Waals surface area (Å²) in [6.45, 7) is 2.47. The molecule has 0 amide bonds. The Morgan fingerprint density at radius 2 is 2.15 bits per heavy atom. The lowest BCUT2D eigenvalue weighted by Crippen LogP contribution is -2.39. The van der Waals surface area contributed by atoms with Crippen LogP contribution in [0.2, 0.25) is 0 Å². The summed E-state index contributed by atoms with van der Waals surface area (Å²) in [5.41, 5.74) is 0.617. The summed E-state index contributed by atoms with van der Waals surface area (Å²) in [6, 6.07) is 3.17. The van der Waals surface area contributed by atoms with Crippen LogP contribution in [0.25, 0.3) is 0 Å². The van der Waals surface area contributed by atoms with Crippen molar-refractivity contribution in [1.29, 1.82) is 0 Å². The van der Waals surface area contributed by atoms with Crippen molar-refractivity contribution in [1.82, 2.24) is 9.29 Å². The van der Waals surface area contributed by atoms with E-state index in [1.165, 1.54) is 12.3 Å². The average molecular weight is 298 g/mol. The summed E-state index contributed by atoms with van der Waals surface area (Å²) in [7, 11) is -3.53. The number of hydrogen-bond donors (Lipinski definition) is 1. The molecule has 1 aromatic rings. The van der Waals surface area contributed by atoms with Gasteiger partial charge in [-0.3, -0.25) is 0 Å². The lowest BCUT2D eigenvalue weighted by Gasteiger charge is -2.27. The minimum Gasteiger partial charge on any atom is -0.392 e. The Balaban J connectivity index is 2.30. The van der Waals surface area contributed by atoms with Crippen molar-refractivity contribution in [3.05, 3.63) is 23.9 Å². The number of aliphatic hydroxyl groups is 1. The molecule has 1 atom stereocenters. The van der Waals surface area contributed by atoms with Crippen LogP contribution in [-0.2, 0) is 16.6 Å². The van der Waals surface area contributed by atoms with Gasteiger partial charge in [0.05, 0.1) is 6.61 Å². The maximum absolute atomic E-state index is 12.7. The molecule has 6 heteroatoms. The zero-order chi connectivity index (χ0) is 14.6. The third-order valence-electron chi connectivity index (χ3n) is 3.85. The molecule has 1 fully saturated rings. The molecule has 2 heterocycles. The van der Waals surface area contributed by atoms with Gasteiger partial charge < -0.3 is 5.11 Å². The second kappa shape index (κ2) is 6.65. The van der Waals surface area contributed by atoms with Gasteiger partial charge in [-0.25, -0.2) is 13.4 Å². The molecule has 1 aliphatic rings. The molecule has 5 nitrogen and oxygen atoms in total. The number of rotatable bonds is 4. The average Bonchev–Trinajstić information content (AvgIpc) is 2.73. The van der Waals surface area contributed by atoms with Crippen molar-refractivity contribution >= 4 is 10.0 Å². The highest BCUT2D eigenvalue weighted by Gasteiger charge is 2.32. The monoisotopic (exact) mass is 298 g/mol. The Labute approximate surface area is 120 Å². The molecule has 1 N–H and O–H groups in total. The van der Waals surface area contributed by atoms with Gasteiger partial charge in [0.25, 0.3) is 10.0 Å². The second-order valence-electron chi connectivity index (χ2n) is 5.19. The van der Waals surface area contributed by atoms with Crippen LogP contribution in [0, 0.1) is 0 Å². The van der Waals surface area contributed by atoms with E-state index in [-0.39, 0.29) is 17.7 Å². The van der Waals surface area contributed by atoms with E-state index in [2.05, 4.69) is 4.98 Å². The van der Waals surface area contributed by atoms with Crippen LogP contribution in [0.1, 0.15) is 44.6 Å². The first-order chi connectivity index (χ1) is 9.59. The fourth-order valence-electron chi connectivity index (χ4n) is 2.65. The number of aromatic nitrogens is 1. The van der Waals surface area contributed by atoms with E-state index in [0.29, 0.717) is 12.1 Å². The largest absolute Gasteiger partial charge is 0.392 e. The van der Waals surface area contributed by atoms with Gasteiger partial charge in [-0.05, 0) is 30.9 Å². The van der Waals surface area contributed by atoms with E-state index in [1.807, 2.05) is 6.92 Å². The molecule has 0 radical (unpaired) electrons. The predicted octanol–water partition coefficient (Wildman–Crippen LogP) is 1.92. The van der Waals surface area contributed by atoms with Gasteiger partial charge in [0.15, 0.2) is 5.03 Å². The minimum absolute atomic E-state index is 0.0711. The maximum atomic E-state index is 12.7. The van der Waals surface area contributed by atoms with Crippen molar-refractivity contribution in [3.63, 3.8) is 0 Å². The van der Waals surface area contributed by atoms with E-state index in [0.717, 1.165) is 32.1 Å². The summed E-state index contributed by atoms with van der Waals surface area (Å²) < 4.78 is 27.0. The van der Waals surface area contributed by atoms with E-state index >= 15 is 0 Å². The third kappa shape index (κ3) is 3.19. The molecular formula is C14H22N2O3S. The summed E-state index contributed by atoms with van der Waals surface area (Å²) in [4.78, 5) is 4.01. The molecule has 2 rings (SSSR count). The Morgan fingerprint density at radius 3 is 2.75 bits per heavy atom. The molecule has 0 spiro atoms. The predicted molar refractivity (Wildman–Crippen MR) is 76.6 cm³/mol. The minimum atomic E-state index is -3.53. The van der Waals surface area contributed by atoms with Crippen LogP contribution in [0.5, 0.6) is 0 Å². The zero-order valence-electron chi connectivity index (χ0n) is 11.8. The van der Waals surface area contributed by atoms with Crippen LogP contribution in [0.3, 0.4) is 0 Å². The van der Waals surface area contributed by atoms with Gasteiger partial charge in [-0.15, -0.1) is 0 Å². The highest BCUT2D eigenvalue weighted by Crippen LogP contribution is 2.25. The standard InChI is InChI=1S/C14H22N2O3S/c1-2-13-6-4-3-5-9-16(13)20(18,19)14-8-7-12(11-17)10-15-14/h7-8,10,13,17H,2-6,9,11H2,1H3. The number of pyridine rings is 1. The highest BCUT2D eigenvalue weighted by molar-refractivity contribution is 7.89. The Morgan fingerprint density at radius 1 is 1.35 bits per heavy atom. The van der Waals surface area contributed by atoms with E-state index in [4.69, 9.17) is 5.11 Å². The van der Waals surface area contributed by atoms with Crippen molar-refractivity contribution in [2.75, 3.05) is 6.54 Å². The van der Waals surface area contributed by atoms with Gasteiger partial charge in [0.2, 0.25) is 0 Å². The van der Waals surface area contributed by atoms with Gasteiger partial charge in [-0.2, -0.15) is 4.31 Å². The van der Waals surface area contributed by atoms with Crippen LogP contribution in [-0.4, -0.2) is 35.4 Å². The first kappa shape index (κ1) is 15.4. The third-order valence-corrected chi connectivity index (χ3v) is 5.72. The molecular weight excluding hydrogens is 276 g/mol. The highest BCUT2D eigenvalue weighted by atomic mass is 32.2. The van der Waals surface area contributed by atoms with Gasteiger partial charge in [0.1, 0.15) is 0 Å². The summed E-state index contributed by atoms with van der Waals surface area (Å²) in [6.07, 6.45) is 6.25. The Bertz CT molecular complexity index is 528. The fourth-order valence-corrected chi connectivity index (χ4v) is 4.33. The number of aliphatic hydroxyl groups excluding tert-OH is 1. The van der Waals surface area contributed by atoms with Crippen molar-refractivity contribution < 1.29 is 13.5 Å². The molecule has 1 saturated heterocycles.